The second kappa shape index (κ2) is 5.47. The summed E-state index contributed by atoms with van der Waals surface area (Å²) >= 11 is 5.60. The zero-order valence-corrected chi connectivity index (χ0v) is 10.5. The van der Waals surface area contributed by atoms with E-state index in [9.17, 15) is 18.0 Å². The molecule has 5 nitrogen and oxygen atoms in total. The summed E-state index contributed by atoms with van der Waals surface area (Å²) in [5.41, 5.74) is -1.06. The van der Waals surface area contributed by atoms with Crippen LogP contribution in [0.3, 0.4) is 0 Å². The fourth-order valence-corrected chi connectivity index (χ4v) is 1.63. The van der Waals surface area contributed by atoms with E-state index in [1.54, 1.807) is 6.92 Å². The molecule has 9 heteroatoms. The number of amides is 2. The number of hydrogen-bond donors (Lipinski definition) is 2. The van der Waals surface area contributed by atoms with Crippen molar-refractivity contribution in [2.75, 3.05) is 6.54 Å². The normalized spacial score (nSPS) is 11.4. The van der Waals surface area contributed by atoms with E-state index < -0.39 is 22.9 Å². The predicted molar refractivity (Wildman–Crippen MR) is 59.1 cm³/mol. The minimum absolute atomic E-state index is 0.0928. The Balaban J connectivity index is 2.84. The highest BCUT2D eigenvalue weighted by atomic mass is 35.5. The first-order valence-corrected chi connectivity index (χ1v) is 5.45. The van der Waals surface area contributed by atoms with Gasteiger partial charge in [-0.3, -0.25) is 4.68 Å². The molecule has 2 N–H and O–H groups in total. The van der Waals surface area contributed by atoms with Gasteiger partial charge in [-0.2, -0.15) is 18.3 Å². The number of urea groups is 1. The summed E-state index contributed by atoms with van der Waals surface area (Å²) in [7, 11) is 1.33. The molecule has 0 atom stereocenters. The highest BCUT2D eigenvalue weighted by Gasteiger charge is 2.38. The number of hydrogen-bond acceptors (Lipinski definition) is 2. The molecule has 0 saturated heterocycles. The molecule has 102 valence electrons. The van der Waals surface area contributed by atoms with Crippen LogP contribution in [0, 0.1) is 0 Å². The lowest BCUT2D eigenvalue weighted by atomic mass is 10.3. The molecule has 0 unspecified atom stereocenters. The molecular weight excluding hydrogens is 273 g/mol. The smallest absolute Gasteiger partial charge is 0.338 e. The number of rotatable bonds is 3. The van der Waals surface area contributed by atoms with Gasteiger partial charge in [-0.15, -0.1) is 0 Å². The minimum atomic E-state index is -4.61. The molecular formula is C9H12ClF3N4O. The summed E-state index contributed by atoms with van der Waals surface area (Å²) in [6, 6.07) is -0.483. The predicted octanol–water partition coefficient (Wildman–Crippen LogP) is 1.91. The van der Waals surface area contributed by atoms with Crippen molar-refractivity contribution in [1.29, 1.82) is 0 Å². The van der Waals surface area contributed by atoms with Crippen LogP contribution in [-0.4, -0.2) is 22.4 Å². The summed E-state index contributed by atoms with van der Waals surface area (Å²) < 4.78 is 38.5. The lowest BCUT2D eigenvalue weighted by Crippen LogP contribution is -2.35. The van der Waals surface area contributed by atoms with Crippen molar-refractivity contribution in [3.8, 4) is 0 Å². The molecule has 18 heavy (non-hydrogen) atoms. The molecule has 0 radical (unpaired) electrons. The van der Waals surface area contributed by atoms with Crippen LogP contribution in [-0.2, 0) is 19.8 Å². The molecule has 1 heterocycles. The van der Waals surface area contributed by atoms with Gasteiger partial charge in [-0.1, -0.05) is 11.6 Å². The van der Waals surface area contributed by atoms with E-state index in [2.05, 4.69) is 15.7 Å². The first kappa shape index (κ1) is 14.6. The number of nitrogens with one attached hydrogen (secondary N) is 2. The zero-order valence-electron chi connectivity index (χ0n) is 9.73. The highest BCUT2D eigenvalue weighted by Crippen LogP contribution is 2.35. The van der Waals surface area contributed by atoms with Gasteiger partial charge in [0.15, 0.2) is 5.69 Å². The van der Waals surface area contributed by atoms with Crippen molar-refractivity contribution in [3.63, 3.8) is 0 Å². The van der Waals surface area contributed by atoms with Gasteiger partial charge in [-0.25, -0.2) is 4.79 Å². The number of carbonyl (C=O) groups is 1. The second-order valence-corrected chi connectivity index (χ2v) is 3.82. The quantitative estimate of drug-likeness (QED) is 0.891. The fourth-order valence-electron chi connectivity index (χ4n) is 1.29. The Morgan fingerprint density at radius 2 is 2.06 bits per heavy atom. The number of nitrogens with zero attached hydrogens (tertiary/aromatic N) is 2. The van der Waals surface area contributed by atoms with E-state index >= 15 is 0 Å². The number of carbonyl (C=O) groups excluding carboxylic acids is 1. The van der Waals surface area contributed by atoms with Gasteiger partial charge in [0, 0.05) is 13.6 Å². The van der Waals surface area contributed by atoms with E-state index in [0.717, 1.165) is 4.68 Å². The second-order valence-electron chi connectivity index (χ2n) is 3.44. The first-order chi connectivity index (χ1) is 8.27. The number of aryl methyl sites for hydroxylation is 1. The molecule has 0 aliphatic carbocycles. The Kier molecular flexibility index (Phi) is 4.44. The molecule has 2 amide bonds. The third kappa shape index (κ3) is 3.28. The highest BCUT2D eigenvalue weighted by molar-refractivity contribution is 6.32. The van der Waals surface area contributed by atoms with E-state index in [1.807, 2.05) is 0 Å². The third-order valence-corrected chi connectivity index (χ3v) is 2.52. The maximum Gasteiger partial charge on any atom is 0.436 e. The van der Waals surface area contributed by atoms with Gasteiger partial charge in [0.25, 0.3) is 0 Å². The van der Waals surface area contributed by atoms with Gasteiger partial charge in [0.05, 0.1) is 17.3 Å². The monoisotopic (exact) mass is 284 g/mol. The molecule has 0 aliphatic rings. The largest absolute Gasteiger partial charge is 0.436 e. The summed E-state index contributed by atoms with van der Waals surface area (Å²) in [6.45, 7) is 2.00. The average molecular weight is 285 g/mol. The van der Waals surface area contributed by atoms with E-state index in [1.165, 1.54) is 7.05 Å². The standard InChI is InChI=1S/C9H12ClF3N4O/c1-3-14-8(18)15-4-5-6(10)7(9(11,12)13)16-17(5)2/h3-4H2,1-2H3,(H2,14,15,18). The molecule has 0 fully saturated rings. The van der Waals surface area contributed by atoms with Crippen molar-refractivity contribution in [3.05, 3.63) is 16.4 Å². The molecule has 0 saturated carbocycles. The number of halogens is 4. The Hall–Kier alpha value is -1.44. The summed E-state index contributed by atoms with van der Waals surface area (Å²) in [5, 5.41) is 7.63. The molecule has 0 aliphatic heterocycles. The van der Waals surface area contributed by atoms with Gasteiger partial charge in [-0.05, 0) is 6.92 Å². The molecule has 0 aromatic carbocycles. The Labute approximate surface area is 106 Å². The van der Waals surface area contributed by atoms with Gasteiger partial charge < -0.3 is 10.6 Å². The van der Waals surface area contributed by atoms with Crippen molar-refractivity contribution < 1.29 is 18.0 Å². The maximum atomic E-state index is 12.5. The van der Waals surface area contributed by atoms with Gasteiger partial charge in [0.1, 0.15) is 0 Å². The van der Waals surface area contributed by atoms with Crippen LogP contribution in [0.2, 0.25) is 5.02 Å². The lowest BCUT2D eigenvalue weighted by Gasteiger charge is -2.06. The van der Waals surface area contributed by atoms with Crippen LogP contribution >= 0.6 is 11.6 Å². The molecule has 1 aromatic heterocycles. The molecule has 1 rings (SSSR count). The van der Waals surface area contributed by atoms with Gasteiger partial charge >= 0.3 is 12.2 Å². The van der Waals surface area contributed by atoms with Crippen molar-refractivity contribution >= 4 is 17.6 Å². The number of alkyl halides is 3. The topological polar surface area (TPSA) is 59.0 Å². The van der Waals surface area contributed by atoms with Crippen LogP contribution in [0.15, 0.2) is 0 Å². The van der Waals surface area contributed by atoms with Crippen LogP contribution in [0.4, 0.5) is 18.0 Å². The van der Waals surface area contributed by atoms with Crippen LogP contribution < -0.4 is 10.6 Å². The van der Waals surface area contributed by atoms with Crippen LogP contribution in [0.1, 0.15) is 18.3 Å². The minimum Gasteiger partial charge on any atom is -0.338 e. The van der Waals surface area contributed by atoms with Crippen molar-refractivity contribution in [2.45, 2.75) is 19.6 Å². The summed E-state index contributed by atoms with van der Waals surface area (Å²) in [6.07, 6.45) is -4.61. The van der Waals surface area contributed by atoms with Crippen LogP contribution in [0.5, 0.6) is 0 Å². The van der Waals surface area contributed by atoms with Crippen molar-refractivity contribution in [2.24, 2.45) is 7.05 Å². The lowest BCUT2D eigenvalue weighted by molar-refractivity contribution is -0.141. The van der Waals surface area contributed by atoms with Crippen LogP contribution in [0.25, 0.3) is 0 Å². The average Bonchev–Trinajstić information content (AvgIpc) is 2.52. The van der Waals surface area contributed by atoms with Gasteiger partial charge in [0.2, 0.25) is 0 Å². The summed E-state index contributed by atoms with van der Waals surface area (Å²) in [5.74, 6) is 0. The molecule has 0 bridgehead atoms. The summed E-state index contributed by atoms with van der Waals surface area (Å²) in [4.78, 5) is 11.1. The third-order valence-electron chi connectivity index (χ3n) is 2.12. The Morgan fingerprint density at radius 1 is 1.44 bits per heavy atom. The Morgan fingerprint density at radius 3 is 2.50 bits per heavy atom. The SMILES string of the molecule is CCNC(=O)NCc1c(Cl)c(C(F)(F)F)nn1C. The Bertz CT molecular complexity index is 444. The van der Waals surface area contributed by atoms with E-state index in [4.69, 9.17) is 11.6 Å². The van der Waals surface area contributed by atoms with E-state index in [-0.39, 0.29) is 12.2 Å². The van der Waals surface area contributed by atoms with E-state index in [0.29, 0.717) is 6.54 Å². The zero-order chi connectivity index (χ0) is 13.9. The van der Waals surface area contributed by atoms with Crippen molar-refractivity contribution in [1.82, 2.24) is 20.4 Å². The molecule has 1 aromatic rings. The number of aromatic nitrogens is 2. The maximum absolute atomic E-state index is 12.5. The molecule has 0 spiro atoms. The first-order valence-electron chi connectivity index (χ1n) is 5.07. The fraction of sp³-hybridized carbons (Fsp3) is 0.556.